The van der Waals surface area contributed by atoms with Crippen LogP contribution in [0.25, 0.3) is 5.69 Å². The van der Waals surface area contributed by atoms with Crippen LogP contribution in [0.4, 0.5) is 5.82 Å². The summed E-state index contributed by atoms with van der Waals surface area (Å²) in [5.41, 5.74) is 3.24. The summed E-state index contributed by atoms with van der Waals surface area (Å²) in [5.74, 6) is 0.385. The number of aliphatic hydroxyl groups is 1. The lowest BCUT2D eigenvalue weighted by molar-refractivity contribution is 0.311. The number of benzene rings is 1. The van der Waals surface area contributed by atoms with Gasteiger partial charge >= 0.3 is 0 Å². The van der Waals surface area contributed by atoms with E-state index in [1.807, 2.05) is 32.0 Å². The summed E-state index contributed by atoms with van der Waals surface area (Å²) < 4.78 is 0. The smallest absolute Gasteiger partial charge is 0.207 e. The van der Waals surface area contributed by atoms with Gasteiger partial charge in [0, 0.05) is 6.54 Å². The molecular formula is C13H15N5O. The molecule has 0 aliphatic rings. The lowest BCUT2D eigenvalue weighted by Gasteiger charge is -2.03. The van der Waals surface area contributed by atoms with Crippen molar-refractivity contribution in [3.05, 3.63) is 35.0 Å². The minimum atomic E-state index is -0.0265. The first-order valence-electron chi connectivity index (χ1n) is 5.95. The van der Waals surface area contributed by atoms with Gasteiger partial charge in [-0.3, -0.25) is 0 Å². The molecule has 0 saturated carbocycles. The molecule has 2 N–H and O–H groups in total. The van der Waals surface area contributed by atoms with Crippen LogP contribution in [0.3, 0.4) is 0 Å². The van der Waals surface area contributed by atoms with Crippen molar-refractivity contribution in [2.45, 2.75) is 13.8 Å². The Balaban J connectivity index is 2.40. The Morgan fingerprint density at radius 1 is 1.26 bits per heavy atom. The van der Waals surface area contributed by atoms with Gasteiger partial charge in [0.1, 0.15) is 6.07 Å². The second-order valence-electron chi connectivity index (χ2n) is 4.29. The normalized spacial score (nSPS) is 10.2. The van der Waals surface area contributed by atoms with Gasteiger partial charge in [0.05, 0.1) is 12.3 Å². The molecule has 98 valence electrons. The Kier molecular flexibility index (Phi) is 3.78. The fourth-order valence-corrected chi connectivity index (χ4v) is 1.86. The highest BCUT2D eigenvalue weighted by Gasteiger charge is 2.11. The van der Waals surface area contributed by atoms with Crippen LogP contribution in [-0.4, -0.2) is 33.3 Å². The van der Waals surface area contributed by atoms with Crippen LogP contribution in [-0.2, 0) is 0 Å². The van der Waals surface area contributed by atoms with E-state index >= 15 is 0 Å². The molecule has 1 aromatic carbocycles. The molecule has 0 fully saturated rings. The van der Waals surface area contributed by atoms with Crippen molar-refractivity contribution < 1.29 is 5.11 Å². The molecule has 0 aliphatic carbocycles. The average Bonchev–Trinajstić information content (AvgIpc) is 2.78. The number of hydrogen-bond acceptors (Lipinski definition) is 5. The van der Waals surface area contributed by atoms with Gasteiger partial charge in [-0.25, -0.2) is 0 Å². The average molecular weight is 257 g/mol. The molecule has 0 amide bonds. The highest BCUT2D eigenvalue weighted by Crippen LogP contribution is 2.15. The van der Waals surface area contributed by atoms with Gasteiger partial charge < -0.3 is 10.4 Å². The van der Waals surface area contributed by atoms with Crippen LogP contribution in [0.5, 0.6) is 0 Å². The van der Waals surface area contributed by atoms with E-state index in [-0.39, 0.29) is 12.3 Å². The number of anilines is 1. The summed E-state index contributed by atoms with van der Waals surface area (Å²) >= 11 is 0. The predicted octanol–water partition coefficient (Wildman–Crippen LogP) is 1.16. The lowest BCUT2D eigenvalue weighted by Crippen LogP contribution is -2.07. The van der Waals surface area contributed by atoms with E-state index in [1.54, 1.807) is 0 Å². The summed E-state index contributed by atoms with van der Waals surface area (Å²) in [6, 6.07) is 7.94. The molecule has 0 atom stereocenters. The second-order valence-corrected chi connectivity index (χ2v) is 4.29. The molecule has 0 bridgehead atoms. The summed E-state index contributed by atoms with van der Waals surface area (Å²) in [7, 11) is 0. The number of nitriles is 1. The maximum absolute atomic E-state index is 9.02. The summed E-state index contributed by atoms with van der Waals surface area (Å²) in [6.07, 6.45) is 0. The maximum atomic E-state index is 9.02. The monoisotopic (exact) mass is 257 g/mol. The molecular weight excluding hydrogens is 242 g/mol. The zero-order valence-electron chi connectivity index (χ0n) is 10.9. The Hall–Kier alpha value is -2.39. The number of aryl methyl sites for hydroxylation is 2. The van der Waals surface area contributed by atoms with E-state index in [9.17, 15) is 0 Å². The van der Waals surface area contributed by atoms with Crippen LogP contribution in [0, 0.1) is 25.2 Å². The van der Waals surface area contributed by atoms with Gasteiger partial charge in [0.15, 0.2) is 5.82 Å². The van der Waals surface area contributed by atoms with E-state index in [2.05, 4.69) is 21.6 Å². The molecule has 2 rings (SSSR count). The van der Waals surface area contributed by atoms with Gasteiger partial charge in [-0.2, -0.15) is 5.26 Å². The zero-order valence-corrected chi connectivity index (χ0v) is 10.9. The quantitative estimate of drug-likeness (QED) is 0.858. The van der Waals surface area contributed by atoms with E-state index in [0.29, 0.717) is 12.4 Å². The lowest BCUT2D eigenvalue weighted by atomic mass is 10.1. The minimum absolute atomic E-state index is 0.0265. The third kappa shape index (κ3) is 2.89. The molecule has 6 nitrogen and oxygen atoms in total. The first-order valence-corrected chi connectivity index (χ1v) is 5.95. The van der Waals surface area contributed by atoms with Gasteiger partial charge in [-0.05, 0) is 37.1 Å². The van der Waals surface area contributed by atoms with Gasteiger partial charge in [0.2, 0.25) is 5.69 Å². The molecule has 19 heavy (non-hydrogen) atoms. The van der Waals surface area contributed by atoms with E-state index in [4.69, 9.17) is 10.4 Å². The first-order chi connectivity index (χ1) is 9.13. The molecule has 0 spiro atoms. The van der Waals surface area contributed by atoms with Crippen molar-refractivity contribution in [3.8, 4) is 11.8 Å². The van der Waals surface area contributed by atoms with Crippen LogP contribution in [0.1, 0.15) is 16.8 Å². The Morgan fingerprint density at radius 2 is 1.95 bits per heavy atom. The molecule has 0 radical (unpaired) electrons. The van der Waals surface area contributed by atoms with Gasteiger partial charge in [0.25, 0.3) is 0 Å². The minimum Gasteiger partial charge on any atom is -0.395 e. The fraction of sp³-hybridized carbons (Fsp3) is 0.308. The summed E-state index contributed by atoms with van der Waals surface area (Å²) in [6.45, 7) is 4.30. The molecule has 6 heteroatoms. The first kappa shape index (κ1) is 13.1. The molecule has 0 unspecified atom stereocenters. The van der Waals surface area contributed by atoms with Crippen molar-refractivity contribution in [2.75, 3.05) is 18.5 Å². The van der Waals surface area contributed by atoms with Crippen LogP contribution >= 0.6 is 0 Å². The maximum Gasteiger partial charge on any atom is 0.207 e. The number of rotatable bonds is 4. The number of nitrogens with zero attached hydrogens (tertiary/aromatic N) is 4. The molecule has 2 aromatic rings. The summed E-state index contributed by atoms with van der Waals surface area (Å²) in [5, 5.41) is 29.0. The van der Waals surface area contributed by atoms with Crippen molar-refractivity contribution in [1.82, 2.24) is 15.0 Å². The Bertz CT molecular complexity index is 606. The van der Waals surface area contributed by atoms with Gasteiger partial charge in [-0.15, -0.1) is 15.0 Å². The van der Waals surface area contributed by atoms with Crippen molar-refractivity contribution in [1.29, 1.82) is 5.26 Å². The van der Waals surface area contributed by atoms with Crippen molar-refractivity contribution >= 4 is 5.82 Å². The summed E-state index contributed by atoms with van der Waals surface area (Å²) in [4.78, 5) is 1.43. The zero-order chi connectivity index (χ0) is 13.8. The third-order valence-electron chi connectivity index (χ3n) is 2.56. The molecule has 1 heterocycles. The standard InChI is InChI=1S/C13H15N5O/c1-9-5-10(2)7-11(6-9)18-16-12(8-14)13(17-18)15-3-4-19/h5-7,19H,3-4H2,1-2H3,(H,15,17). The van der Waals surface area contributed by atoms with E-state index in [1.165, 1.54) is 4.80 Å². The highest BCUT2D eigenvalue weighted by atomic mass is 16.3. The van der Waals surface area contributed by atoms with Gasteiger partial charge in [-0.1, -0.05) is 6.07 Å². The fourth-order valence-electron chi connectivity index (χ4n) is 1.86. The Labute approximate surface area is 111 Å². The topological polar surface area (TPSA) is 86.8 Å². The number of aliphatic hydroxyl groups excluding tert-OH is 1. The van der Waals surface area contributed by atoms with Crippen LogP contribution in [0.15, 0.2) is 18.2 Å². The molecule has 0 aliphatic heterocycles. The Morgan fingerprint density at radius 3 is 2.53 bits per heavy atom. The number of hydrogen-bond donors (Lipinski definition) is 2. The van der Waals surface area contributed by atoms with Crippen molar-refractivity contribution in [3.63, 3.8) is 0 Å². The van der Waals surface area contributed by atoms with Crippen molar-refractivity contribution in [2.24, 2.45) is 0 Å². The largest absolute Gasteiger partial charge is 0.395 e. The molecule has 0 saturated heterocycles. The van der Waals surface area contributed by atoms with E-state index < -0.39 is 0 Å². The third-order valence-corrected chi connectivity index (χ3v) is 2.56. The van der Waals surface area contributed by atoms with E-state index in [0.717, 1.165) is 16.8 Å². The second kappa shape index (κ2) is 5.50. The van der Waals surface area contributed by atoms with Crippen LogP contribution < -0.4 is 5.32 Å². The SMILES string of the molecule is Cc1cc(C)cc(-n2nc(C#N)c(NCCO)n2)c1. The molecule has 1 aromatic heterocycles. The number of aromatic nitrogens is 3. The predicted molar refractivity (Wildman–Crippen MR) is 71.1 cm³/mol. The van der Waals surface area contributed by atoms with Crippen LogP contribution in [0.2, 0.25) is 0 Å². The highest BCUT2D eigenvalue weighted by molar-refractivity contribution is 5.48. The number of nitrogens with one attached hydrogen (secondary N) is 1.